The lowest BCUT2D eigenvalue weighted by molar-refractivity contribution is 0.0899. The van der Waals surface area contributed by atoms with Gasteiger partial charge in [-0.15, -0.1) is 0 Å². The second-order valence-corrected chi connectivity index (χ2v) is 8.13. The van der Waals surface area contributed by atoms with Gasteiger partial charge >= 0.3 is 0 Å². The first kappa shape index (κ1) is 19.6. The summed E-state index contributed by atoms with van der Waals surface area (Å²) in [5, 5.41) is 6.31. The Kier molecular flexibility index (Phi) is 6.25. The predicted molar refractivity (Wildman–Crippen MR) is 114 cm³/mol. The molecule has 2 N–H and O–H groups in total. The van der Waals surface area contributed by atoms with Gasteiger partial charge in [0.05, 0.1) is 0 Å². The second kappa shape index (κ2) is 9.23. The van der Waals surface area contributed by atoms with E-state index in [1.165, 1.54) is 0 Å². The van der Waals surface area contributed by atoms with Crippen molar-refractivity contribution in [1.82, 2.24) is 15.5 Å². The normalized spacial score (nSPS) is 20.0. The fourth-order valence-corrected chi connectivity index (χ4v) is 4.39. The number of nitrogens with zero attached hydrogens (tertiary/aromatic N) is 1. The number of carbonyl (C=O) groups is 2. The van der Waals surface area contributed by atoms with Crippen molar-refractivity contribution in [2.24, 2.45) is 0 Å². The van der Waals surface area contributed by atoms with Crippen LogP contribution in [0.4, 0.5) is 0 Å². The van der Waals surface area contributed by atoms with Gasteiger partial charge in [-0.05, 0) is 62.4 Å². The number of nitrogens with one attached hydrogen (secondary N) is 2. The second-order valence-electron chi connectivity index (χ2n) is 8.13. The van der Waals surface area contributed by atoms with Crippen molar-refractivity contribution in [3.05, 3.63) is 71.3 Å². The fourth-order valence-electron chi connectivity index (χ4n) is 4.39. The van der Waals surface area contributed by atoms with Crippen molar-refractivity contribution in [3.8, 4) is 0 Å². The van der Waals surface area contributed by atoms with Crippen LogP contribution in [0.15, 0.2) is 54.6 Å². The number of benzene rings is 2. The Bertz CT molecular complexity index is 844. The predicted octanol–water partition coefficient (Wildman–Crippen LogP) is 3.02. The molecule has 1 saturated heterocycles. The third-order valence-corrected chi connectivity index (χ3v) is 6.05. The zero-order chi connectivity index (χ0) is 20.1. The molecule has 0 aliphatic carbocycles. The zero-order valence-electron chi connectivity index (χ0n) is 16.8. The van der Waals surface area contributed by atoms with Gasteiger partial charge in [0, 0.05) is 36.3 Å². The molecule has 4 rings (SSSR count). The van der Waals surface area contributed by atoms with Gasteiger partial charge in [-0.2, -0.15) is 0 Å². The quantitative estimate of drug-likeness (QED) is 0.796. The lowest BCUT2D eigenvalue weighted by atomic mass is 9.93. The van der Waals surface area contributed by atoms with Gasteiger partial charge in [0.2, 0.25) is 0 Å². The maximum absolute atomic E-state index is 12.3. The molecule has 2 aromatic rings. The number of rotatable bonds is 6. The summed E-state index contributed by atoms with van der Waals surface area (Å²) in [5.41, 5.74) is 2.71. The van der Waals surface area contributed by atoms with Crippen molar-refractivity contribution < 1.29 is 9.59 Å². The summed E-state index contributed by atoms with van der Waals surface area (Å²) in [6, 6.07) is 17.8. The van der Waals surface area contributed by atoms with Gasteiger partial charge in [0.1, 0.15) is 0 Å². The molecule has 2 aromatic carbocycles. The van der Waals surface area contributed by atoms with E-state index < -0.39 is 0 Å². The van der Waals surface area contributed by atoms with E-state index in [4.69, 9.17) is 0 Å². The van der Waals surface area contributed by atoms with Gasteiger partial charge in [-0.1, -0.05) is 36.4 Å². The SMILES string of the molecule is O=C(NC1CCN(CCCC2Cc3ccccc3C(=O)N2)CC1)c1ccccc1. The number of likely N-dealkylation sites (tertiary alicyclic amines) is 1. The van der Waals surface area contributed by atoms with Crippen LogP contribution >= 0.6 is 0 Å². The van der Waals surface area contributed by atoms with Gasteiger partial charge in [-0.3, -0.25) is 9.59 Å². The standard InChI is InChI=1S/C24H29N3O2/c28-23(18-7-2-1-3-8-18)25-20-12-15-27(16-13-20)14-6-10-21-17-19-9-4-5-11-22(19)24(29)26-21/h1-5,7-9,11,20-21H,6,10,12-17H2,(H,25,28)(H,26,29). The topological polar surface area (TPSA) is 61.4 Å². The molecule has 2 heterocycles. The minimum absolute atomic E-state index is 0.0253. The molecule has 0 aromatic heterocycles. The molecule has 0 radical (unpaired) electrons. The Morgan fingerprint density at radius 2 is 1.76 bits per heavy atom. The first-order valence-corrected chi connectivity index (χ1v) is 10.7. The van der Waals surface area contributed by atoms with Crippen molar-refractivity contribution in [2.75, 3.05) is 19.6 Å². The molecule has 29 heavy (non-hydrogen) atoms. The number of hydrogen-bond acceptors (Lipinski definition) is 3. The number of carbonyl (C=O) groups excluding carboxylic acids is 2. The highest BCUT2D eigenvalue weighted by molar-refractivity contribution is 5.97. The Morgan fingerprint density at radius 1 is 1.03 bits per heavy atom. The third-order valence-electron chi connectivity index (χ3n) is 6.05. The Labute approximate surface area is 172 Å². The van der Waals surface area contributed by atoms with E-state index in [9.17, 15) is 9.59 Å². The van der Waals surface area contributed by atoms with Crippen molar-refractivity contribution in [1.29, 1.82) is 0 Å². The van der Waals surface area contributed by atoms with Crippen molar-refractivity contribution >= 4 is 11.8 Å². The molecular weight excluding hydrogens is 362 g/mol. The highest BCUT2D eigenvalue weighted by Crippen LogP contribution is 2.19. The first-order chi connectivity index (χ1) is 14.2. The van der Waals surface area contributed by atoms with Gasteiger partial charge < -0.3 is 15.5 Å². The van der Waals surface area contributed by atoms with E-state index >= 15 is 0 Å². The highest BCUT2D eigenvalue weighted by atomic mass is 16.2. The van der Waals surface area contributed by atoms with E-state index in [0.717, 1.165) is 68.4 Å². The molecular formula is C24H29N3O2. The molecule has 152 valence electrons. The van der Waals surface area contributed by atoms with E-state index in [2.05, 4.69) is 21.6 Å². The molecule has 2 amide bonds. The van der Waals surface area contributed by atoms with Gasteiger partial charge in [0.15, 0.2) is 0 Å². The number of piperidine rings is 1. The molecule has 5 heteroatoms. The molecule has 2 aliphatic heterocycles. The molecule has 1 unspecified atom stereocenters. The van der Waals surface area contributed by atoms with Crippen LogP contribution in [0.1, 0.15) is 52.0 Å². The average molecular weight is 392 g/mol. The number of fused-ring (bicyclic) bond motifs is 1. The minimum Gasteiger partial charge on any atom is -0.349 e. The van der Waals surface area contributed by atoms with E-state index in [1.54, 1.807) is 0 Å². The summed E-state index contributed by atoms with van der Waals surface area (Å²) in [7, 11) is 0. The molecule has 0 saturated carbocycles. The largest absolute Gasteiger partial charge is 0.349 e. The molecule has 0 bridgehead atoms. The van der Waals surface area contributed by atoms with Crippen LogP contribution in [0.3, 0.4) is 0 Å². The summed E-state index contributed by atoms with van der Waals surface area (Å²) >= 11 is 0. The molecule has 1 atom stereocenters. The lowest BCUT2D eigenvalue weighted by Crippen LogP contribution is -2.45. The molecule has 1 fully saturated rings. The average Bonchev–Trinajstić information content (AvgIpc) is 2.76. The molecule has 0 spiro atoms. The van der Waals surface area contributed by atoms with Crippen LogP contribution in [-0.2, 0) is 6.42 Å². The number of hydrogen-bond donors (Lipinski definition) is 2. The van der Waals surface area contributed by atoms with Crippen LogP contribution in [0.5, 0.6) is 0 Å². The Hall–Kier alpha value is -2.66. The maximum Gasteiger partial charge on any atom is 0.251 e. The van der Waals surface area contributed by atoms with Crippen LogP contribution in [-0.4, -0.2) is 48.4 Å². The smallest absolute Gasteiger partial charge is 0.251 e. The Morgan fingerprint density at radius 3 is 2.55 bits per heavy atom. The monoisotopic (exact) mass is 391 g/mol. The van der Waals surface area contributed by atoms with E-state index in [-0.39, 0.29) is 23.9 Å². The minimum atomic E-state index is 0.0253. The summed E-state index contributed by atoms with van der Waals surface area (Å²) < 4.78 is 0. The highest BCUT2D eigenvalue weighted by Gasteiger charge is 2.24. The van der Waals surface area contributed by atoms with Crippen molar-refractivity contribution in [2.45, 2.75) is 44.2 Å². The maximum atomic E-state index is 12.3. The van der Waals surface area contributed by atoms with Crippen LogP contribution < -0.4 is 10.6 Å². The van der Waals surface area contributed by atoms with Crippen molar-refractivity contribution in [3.63, 3.8) is 0 Å². The molecule has 5 nitrogen and oxygen atoms in total. The third kappa shape index (κ3) is 5.04. The van der Waals surface area contributed by atoms with Crippen LogP contribution in [0.2, 0.25) is 0 Å². The summed E-state index contributed by atoms with van der Waals surface area (Å²) in [6.45, 7) is 3.08. The van der Waals surface area contributed by atoms with Crippen LogP contribution in [0.25, 0.3) is 0 Å². The lowest BCUT2D eigenvalue weighted by Gasteiger charge is -2.33. The van der Waals surface area contributed by atoms with Gasteiger partial charge in [0.25, 0.3) is 11.8 Å². The van der Waals surface area contributed by atoms with E-state index in [0.29, 0.717) is 0 Å². The zero-order valence-corrected chi connectivity index (χ0v) is 16.8. The fraction of sp³-hybridized carbons (Fsp3) is 0.417. The van der Waals surface area contributed by atoms with Gasteiger partial charge in [-0.25, -0.2) is 0 Å². The summed E-state index contributed by atoms with van der Waals surface area (Å²) in [5.74, 6) is 0.0872. The Balaban J connectivity index is 1.16. The summed E-state index contributed by atoms with van der Waals surface area (Å²) in [4.78, 5) is 27.0. The summed E-state index contributed by atoms with van der Waals surface area (Å²) in [6.07, 6.45) is 4.99. The first-order valence-electron chi connectivity index (χ1n) is 10.7. The van der Waals surface area contributed by atoms with E-state index in [1.807, 2.05) is 48.5 Å². The van der Waals surface area contributed by atoms with Crippen LogP contribution in [0, 0.1) is 0 Å². The number of amides is 2. The molecule has 2 aliphatic rings.